The van der Waals surface area contributed by atoms with Gasteiger partial charge in [-0.1, -0.05) is 6.42 Å². The van der Waals surface area contributed by atoms with E-state index in [-0.39, 0.29) is 5.78 Å². The van der Waals surface area contributed by atoms with Crippen LogP contribution in [0.3, 0.4) is 0 Å². The van der Waals surface area contributed by atoms with Gasteiger partial charge >= 0.3 is 0 Å². The molecule has 0 fully saturated rings. The van der Waals surface area contributed by atoms with Crippen LogP contribution in [0.5, 0.6) is 0 Å². The number of carbonyl (C=O) groups excluding carboxylic acids is 1. The lowest BCUT2D eigenvalue weighted by atomic mass is 10.1. The average molecular weight is 152 g/mol. The second-order valence-electron chi connectivity index (χ2n) is 2.33. The van der Waals surface area contributed by atoms with Crippen molar-refractivity contribution in [1.29, 1.82) is 10.7 Å². The van der Waals surface area contributed by atoms with Crippen molar-refractivity contribution in [2.75, 3.05) is 0 Å². The standard InChI is InChI=1S/C8H12N2O/c9-6-4-2-1-3-5-8(11)7-10/h7,10H,1-5H2. The topological polar surface area (TPSA) is 64.7 Å². The molecule has 3 nitrogen and oxygen atoms in total. The summed E-state index contributed by atoms with van der Waals surface area (Å²) in [6.07, 6.45) is 4.45. The van der Waals surface area contributed by atoms with E-state index in [4.69, 9.17) is 10.7 Å². The highest BCUT2D eigenvalue weighted by Crippen LogP contribution is 2.01. The number of ketones is 1. The lowest BCUT2D eigenvalue weighted by Crippen LogP contribution is -1.96. The highest BCUT2D eigenvalue weighted by atomic mass is 16.1. The van der Waals surface area contributed by atoms with Crippen molar-refractivity contribution < 1.29 is 4.79 Å². The number of nitrogens with zero attached hydrogens (tertiary/aromatic N) is 1. The Kier molecular flexibility index (Phi) is 6.20. The Balaban J connectivity index is 3.09. The Morgan fingerprint density at radius 1 is 1.45 bits per heavy atom. The molecule has 0 aliphatic carbocycles. The predicted molar refractivity (Wildman–Crippen MR) is 42.5 cm³/mol. The van der Waals surface area contributed by atoms with Crippen molar-refractivity contribution in [3.63, 3.8) is 0 Å². The third kappa shape index (κ3) is 6.72. The molecule has 0 amide bonds. The van der Waals surface area contributed by atoms with Crippen LogP contribution in [0, 0.1) is 16.7 Å². The first-order chi connectivity index (χ1) is 5.31. The third-order valence-electron chi connectivity index (χ3n) is 1.37. The summed E-state index contributed by atoms with van der Waals surface area (Å²) in [4.78, 5) is 10.5. The van der Waals surface area contributed by atoms with Crippen LogP contribution in [0.15, 0.2) is 0 Å². The minimum absolute atomic E-state index is 0.123. The lowest BCUT2D eigenvalue weighted by Gasteiger charge is -1.93. The molecular weight excluding hydrogens is 140 g/mol. The van der Waals surface area contributed by atoms with Gasteiger partial charge in [0, 0.05) is 12.8 Å². The zero-order valence-corrected chi connectivity index (χ0v) is 6.47. The second kappa shape index (κ2) is 6.94. The van der Waals surface area contributed by atoms with Gasteiger partial charge < -0.3 is 5.41 Å². The minimum Gasteiger partial charge on any atom is -0.305 e. The molecule has 0 aromatic heterocycles. The fourth-order valence-corrected chi connectivity index (χ4v) is 0.752. The van der Waals surface area contributed by atoms with E-state index < -0.39 is 0 Å². The van der Waals surface area contributed by atoms with E-state index in [2.05, 4.69) is 0 Å². The number of carbonyl (C=O) groups is 1. The monoisotopic (exact) mass is 152 g/mol. The number of unbranched alkanes of at least 4 members (excludes halogenated alkanes) is 3. The van der Waals surface area contributed by atoms with Crippen LogP contribution in [0.4, 0.5) is 0 Å². The zero-order chi connectivity index (χ0) is 8.53. The van der Waals surface area contributed by atoms with Crippen molar-refractivity contribution in [2.45, 2.75) is 32.1 Å². The molecule has 3 heteroatoms. The number of hydrogen-bond acceptors (Lipinski definition) is 3. The summed E-state index contributed by atoms with van der Waals surface area (Å²) in [5.74, 6) is -0.123. The number of rotatable bonds is 6. The lowest BCUT2D eigenvalue weighted by molar-refractivity contribution is -0.112. The molecule has 0 heterocycles. The third-order valence-corrected chi connectivity index (χ3v) is 1.37. The van der Waals surface area contributed by atoms with Gasteiger partial charge in [0.05, 0.1) is 12.3 Å². The highest BCUT2D eigenvalue weighted by Gasteiger charge is 1.95. The number of hydrogen-bond donors (Lipinski definition) is 1. The van der Waals surface area contributed by atoms with Gasteiger partial charge in [0.15, 0.2) is 5.78 Å². The van der Waals surface area contributed by atoms with Crippen molar-refractivity contribution in [3.05, 3.63) is 0 Å². The van der Waals surface area contributed by atoms with Gasteiger partial charge in [0.25, 0.3) is 0 Å². The van der Waals surface area contributed by atoms with Crippen molar-refractivity contribution in [1.82, 2.24) is 0 Å². The maximum atomic E-state index is 10.5. The Hall–Kier alpha value is -1.17. The van der Waals surface area contributed by atoms with E-state index in [0.29, 0.717) is 12.8 Å². The van der Waals surface area contributed by atoms with Crippen LogP contribution in [-0.4, -0.2) is 12.0 Å². The maximum absolute atomic E-state index is 10.5. The maximum Gasteiger partial charge on any atom is 0.173 e. The molecule has 0 aromatic carbocycles. The molecule has 0 unspecified atom stereocenters. The molecule has 0 aliphatic heterocycles. The largest absolute Gasteiger partial charge is 0.305 e. The second-order valence-corrected chi connectivity index (χ2v) is 2.33. The Bertz CT molecular complexity index is 169. The predicted octanol–water partition coefficient (Wildman–Crippen LogP) is 1.68. The first kappa shape index (κ1) is 9.83. The average Bonchev–Trinajstić information content (AvgIpc) is 2.04. The quantitative estimate of drug-likeness (QED) is 0.464. The van der Waals surface area contributed by atoms with Crippen molar-refractivity contribution in [2.24, 2.45) is 0 Å². The van der Waals surface area contributed by atoms with Gasteiger partial charge in [-0.2, -0.15) is 5.26 Å². The van der Waals surface area contributed by atoms with Crippen LogP contribution >= 0.6 is 0 Å². The normalized spacial score (nSPS) is 8.64. The van der Waals surface area contributed by atoms with Crippen LogP contribution < -0.4 is 0 Å². The molecule has 0 radical (unpaired) electrons. The summed E-state index contributed by atoms with van der Waals surface area (Å²) in [7, 11) is 0. The van der Waals surface area contributed by atoms with E-state index in [1.54, 1.807) is 0 Å². The number of nitriles is 1. The fourth-order valence-electron chi connectivity index (χ4n) is 0.752. The van der Waals surface area contributed by atoms with E-state index in [0.717, 1.165) is 25.5 Å². The zero-order valence-electron chi connectivity index (χ0n) is 6.47. The van der Waals surface area contributed by atoms with E-state index in [1.165, 1.54) is 0 Å². The molecule has 0 aromatic rings. The fraction of sp³-hybridized carbons (Fsp3) is 0.625. The molecule has 0 saturated heterocycles. The Morgan fingerprint density at radius 3 is 2.73 bits per heavy atom. The van der Waals surface area contributed by atoms with Crippen LogP contribution in [-0.2, 0) is 4.79 Å². The summed E-state index contributed by atoms with van der Waals surface area (Å²) in [6, 6.07) is 2.04. The molecule has 1 N–H and O–H groups in total. The van der Waals surface area contributed by atoms with E-state index in [9.17, 15) is 4.79 Å². The van der Waals surface area contributed by atoms with Crippen LogP contribution in [0.2, 0.25) is 0 Å². The molecular formula is C8H12N2O. The Morgan fingerprint density at radius 2 is 2.18 bits per heavy atom. The van der Waals surface area contributed by atoms with Gasteiger partial charge in [-0.3, -0.25) is 4.79 Å². The smallest absolute Gasteiger partial charge is 0.173 e. The molecule has 0 spiro atoms. The summed E-state index contributed by atoms with van der Waals surface area (Å²) in [5.41, 5.74) is 0. The van der Waals surface area contributed by atoms with Gasteiger partial charge in [-0.15, -0.1) is 0 Å². The molecule has 0 atom stereocenters. The summed E-state index contributed by atoms with van der Waals surface area (Å²) >= 11 is 0. The van der Waals surface area contributed by atoms with Gasteiger partial charge in [-0.25, -0.2) is 0 Å². The van der Waals surface area contributed by atoms with E-state index >= 15 is 0 Å². The first-order valence-corrected chi connectivity index (χ1v) is 3.71. The molecule has 0 rings (SSSR count). The number of nitrogens with one attached hydrogen (secondary N) is 1. The molecule has 11 heavy (non-hydrogen) atoms. The molecule has 0 aliphatic rings. The summed E-state index contributed by atoms with van der Waals surface area (Å²) < 4.78 is 0. The van der Waals surface area contributed by atoms with Gasteiger partial charge in [0.2, 0.25) is 0 Å². The SMILES string of the molecule is N#CCCCCCC(=O)C=N. The molecule has 0 bridgehead atoms. The molecule has 60 valence electrons. The Labute approximate surface area is 66.5 Å². The number of Topliss-reactive ketones (excluding diaryl/α,β-unsaturated/α-hetero) is 1. The first-order valence-electron chi connectivity index (χ1n) is 3.71. The van der Waals surface area contributed by atoms with Gasteiger partial charge in [-0.05, 0) is 12.8 Å². The van der Waals surface area contributed by atoms with E-state index in [1.807, 2.05) is 6.07 Å². The summed E-state index contributed by atoms with van der Waals surface area (Å²) in [5, 5.41) is 14.8. The minimum atomic E-state index is -0.123. The summed E-state index contributed by atoms with van der Waals surface area (Å²) in [6.45, 7) is 0. The van der Waals surface area contributed by atoms with Gasteiger partial charge in [0.1, 0.15) is 0 Å². The van der Waals surface area contributed by atoms with Crippen molar-refractivity contribution >= 4 is 12.0 Å². The van der Waals surface area contributed by atoms with Crippen LogP contribution in [0.25, 0.3) is 0 Å². The van der Waals surface area contributed by atoms with Crippen LogP contribution in [0.1, 0.15) is 32.1 Å². The highest BCUT2D eigenvalue weighted by molar-refractivity contribution is 6.26. The van der Waals surface area contributed by atoms with Crippen molar-refractivity contribution in [3.8, 4) is 6.07 Å². The molecule has 0 saturated carbocycles.